The first-order valence-corrected chi connectivity index (χ1v) is 18.0. The normalized spacial score (nSPS) is 13.2. The zero-order chi connectivity index (χ0) is 35.3. The molecule has 250 valence electrons. The molecule has 1 aliphatic carbocycles. The van der Waals surface area contributed by atoms with E-state index >= 15 is 0 Å². The van der Waals surface area contributed by atoms with Gasteiger partial charge in [-0.2, -0.15) is 0 Å². The highest BCUT2D eigenvalue weighted by Gasteiger charge is 2.36. The Balaban J connectivity index is 1.11. The van der Waals surface area contributed by atoms with Crippen LogP contribution < -0.4 is 0 Å². The van der Waals surface area contributed by atoms with Crippen LogP contribution in [0.15, 0.2) is 162 Å². The number of benzene rings is 7. The number of hydrogen-bond acceptors (Lipinski definition) is 4. The van der Waals surface area contributed by atoms with Crippen molar-refractivity contribution in [3.8, 4) is 51.0 Å². The van der Waals surface area contributed by atoms with Gasteiger partial charge in [0.25, 0.3) is 0 Å². The Labute approximate surface area is 305 Å². The maximum Gasteiger partial charge on any atom is 0.164 e. The SMILES string of the molecule is CC1(C)c2ccccc2-c2cc3c4ccccc4n(-c4ccc5c(c4)oc4cccc(-c6nc(-c7ccccc7)nc(-c7ccccc7)n6)c45)c3cc21. The average Bonchev–Trinajstić information content (AvgIpc) is 3.82. The fourth-order valence-corrected chi connectivity index (χ4v) is 8.51. The maximum atomic E-state index is 6.67. The van der Waals surface area contributed by atoms with Crippen molar-refractivity contribution >= 4 is 43.7 Å². The molecule has 5 nitrogen and oxygen atoms in total. The van der Waals surface area contributed by atoms with Crippen LogP contribution >= 0.6 is 0 Å². The summed E-state index contributed by atoms with van der Waals surface area (Å²) < 4.78 is 9.06. The number of nitrogens with zero attached hydrogens (tertiary/aromatic N) is 4. The average molecular weight is 681 g/mol. The third kappa shape index (κ3) is 4.40. The Morgan fingerprint density at radius 3 is 1.89 bits per heavy atom. The van der Waals surface area contributed by atoms with E-state index in [1.165, 1.54) is 44.1 Å². The minimum atomic E-state index is -0.101. The van der Waals surface area contributed by atoms with Gasteiger partial charge in [0.2, 0.25) is 0 Å². The summed E-state index contributed by atoms with van der Waals surface area (Å²) in [5.74, 6) is 1.87. The number of hydrogen-bond donors (Lipinski definition) is 0. The summed E-state index contributed by atoms with van der Waals surface area (Å²) in [6.45, 7) is 4.68. The number of aromatic nitrogens is 4. The lowest BCUT2D eigenvalue weighted by molar-refractivity contribution is 0.661. The standard InChI is InChI=1S/C48H32N4O/c1-48(2)38-21-11-9-18-32(38)36-27-37-33-19-10-12-22-40(33)52(41(37)28-39(36)48)31-24-25-34-43(26-31)53-42-23-13-20-35(44(34)42)47-50-45(29-14-5-3-6-15-29)49-46(51-47)30-16-7-4-8-17-30/h3-28H,1-2H3. The summed E-state index contributed by atoms with van der Waals surface area (Å²) in [5.41, 5.74) is 13.1. The van der Waals surface area contributed by atoms with Crippen LogP contribution in [-0.4, -0.2) is 19.5 Å². The van der Waals surface area contributed by atoms with Crippen molar-refractivity contribution in [2.24, 2.45) is 0 Å². The molecular weight excluding hydrogens is 649 g/mol. The molecule has 0 fully saturated rings. The van der Waals surface area contributed by atoms with Gasteiger partial charge in [-0.05, 0) is 58.7 Å². The minimum absolute atomic E-state index is 0.101. The second-order valence-corrected chi connectivity index (χ2v) is 14.4. The van der Waals surface area contributed by atoms with Crippen molar-refractivity contribution in [2.75, 3.05) is 0 Å². The van der Waals surface area contributed by atoms with Crippen LogP contribution in [0.5, 0.6) is 0 Å². The van der Waals surface area contributed by atoms with Crippen molar-refractivity contribution in [2.45, 2.75) is 19.3 Å². The van der Waals surface area contributed by atoms with E-state index in [9.17, 15) is 0 Å². The molecule has 0 amide bonds. The first kappa shape index (κ1) is 29.8. The molecule has 0 spiro atoms. The van der Waals surface area contributed by atoms with Gasteiger partial charge < -0.3 is 8.98 Å². The fraction of sp³-hybridized carbons (Fsp3) is 0.0625. The van der Waals surface area contributed by atoms with E-state index in [4.69, 9.17) is 19.4 Å². The van der Waals surface area contributed by atoms with E-state index in [0.29, 0.717) is 17.5 Å². The van der Waals surface area contributed by atoms with Gasteiger partial charge >= 0.3 is 0 Å². The predicted octanol–water partition coefficient (Wildman–Crippen LogP) is 12.2. The molecule has 3 heterocycles. The lowest BCUT2D eigenvalue weighted by Crippen LogP contribution is -2.14. The van der Waals surface area contributed by atoms with Crippen molar-refractivity contribution in [3.63, 3.8) is 0 Å². The summed E-state index contributed by atoms with van der Waals surface area (Å²) >= 11 is 0. The third-order valence-corrected chi connectivity index (χ3v) is 11.1. The van der Waals surface area contributed by atoms with Gasteiger partial charge in [0, 0.05) is 55.4 Å². The van der Waals surface area contributed by atoms with Gasteiger partial charge in [0.05, 0.1) is 11.0 Å². The van der Waals surface area contributed by atoms with Crippen LogP contribution in [0.3, 0.4) is 0 Å². The number of rotatable bonds is 4. The first-order chi connectivity index (χ1) is 26.0. The summed E-state index contributed by atoms with van der Waals surface area (Å²) in [6.07, 6.45) is 0. The van der Waals surface area contributed by atoms with Gasteiger partial charge in [-0.3, -0.25) is 0 Å². The van der Waals surface area contributed by atoms with Crippen molar-refractivity contribution in [3.05, 3.63) is 169 Å². The summed E-state index contributed by atoms with van der Waals surface area (Å²) in [4.78, 5) is 15.0. The molecule has 0 unspecified atom stereocenters. The molecule has 0 aliphatic heterocycles. The number of para-hydroxylation sites is 1. The van der Waals surface area contributed by atoms with Gasteiger partial charge in [0.15, 0.2) is 17.5 Å². The Hall–Kier alpha value is -6.85. The number of fused-ring (bicyclic) bond motifs is 9. The molecule has 5 heteroatoms. The Bertz CT molecular complexity index is 3020. The van der Waals surface area contributed by atoms with Crippen LogP contribution in [-0.2, 0) is 5.41 Å². The molecule has 0 N–H and O–H groups in total. The maximum absolute atomic E-state index is 6.67. The summed E-state index contributed by atoms with van der Waals surface area (Å²) in [6, 6.07) is 55.2. The molecular formula is C48H32N4O. The highest BCUT2D eigenvalue weighted by Crippen LogP contribution is 2.51. The van der Waals surface area contributed by atoms with E-state index in [0.717, 1.165) is 44.3 Å². The van der Waals surface area contributed by atoms with Crippen LogP contribution in [0.25, 0.3) is 94.7 Å². The van der Waals surface area contributed by atoms with Crippen molar-refractivity contribution in [1.82, 2.24) is 19.5 Å². The molecule has 11 rings (SSSR count). The van der Waals surface area contributed by atoms with Gasteiger partial charge in [-0.15, -0.1) is 0 Å². The summed E-state index contributed by atoms with van der Waals surface area (Å²) in [7, 11) is 0. The van der Waals surface area contributed by atoms with Crippen molar-refractivity contribution < 1.29 is 4.42 Å². The second kappa shape index (κ2) is 11.1. The van der Waals surface area contributed by atoms with Gasteiger partial charge in [-0.25, -0.2) is 15.0 Å². The highest BCUT2D eigenvalue weighted by atomic mass is 16.3. The zero-order valence-corrected chi connectivity index (χ0v) is 29.2. The lowest BCUT2D eigenvalue weighted by atomic mass is 9.82. The second-order valence-electron chi connectivity index (χ2n) is 14.4. The highest BCUT2D eigenvalue weighted by molar-refractivity contribution is 6.14. The monoisotopic (exact) mass is 680 g/mol. The van der Waals surface area contributed by atoms with Gasteiger partial charge in [0.1, 0.15) is 11.2 Å². The summed E-state index contributed by atoms with van der Waals surface area (Å²) in [5, 5.41) is 4.48. The lowest BCUT2D eigenvalue weighted by Gasteiger charge is -2.21. The zero-order valence-electron chi connectivity index (χ0n) is 29.2. The molecule has 7 aromatic carbocycles. The molecule has 0 atom stereocenters. The smallest absolute Gasteiger partial charge is 0.164 e. The Kier molecular flexibility index (Phi) is 6.23. The molecule has 53 heavy (non-hydrogen) atoms. The quantitative estimate of drug-likeness (QED) is 0.186. The van der Waals surface area contributed by atoms with Crippen LogP contribution in [0.4, 0.5) is 0 Å². The van der Waals surface area contributed by atoms with E-state index in [1.54, 1.807) is 0 Å². The Morgan fingerprint density at radius 1 is 0.453 bits per heavy atom. The topological polar surface area (TPSA) is 56.7 Å². The molecule has 0 radical (unpaired) electrons. The van der Waals surface area contributed by atoms with Gasteiger partial charge in [-0.1, -0.05) is 129 Å². The minimum Gasteiger partial charge on any atom is -0.456 e. The Morgan fingerprint density at radius 2 is 1.11 bits per heavy atom. The number of furan rings is 1. The molecule has 0 saturated heterocycles. The van der Waals surface area contributed by atoms with E-state index in [1.807, 2.05) is 72.8 Å². The molecule has 3 aromatic heterocycles. The third-order valence-electron chi connectivity index (χ3n) is 11.1. The fourth-order valence-electron chi connectivity index (χ4n) is 8.51. The molecule has 10 aromatic rings. The van der Waals surface area contributed by atoms with Crippen LogP contribution in [0, 0.1) is 0 Å². The first-order valence-electron chi connectivity index (χ1n) is 18.0. The predicted molar refractivity (Wildman–Crippen MR) is 215 cm³/mol. The van der Waals surface area contributed by atoms with E-state index < -0.39 is 0 Å². The van der Waals surface area contributed by atoms with E-state index in [-0.39, 0.29) is 5.41 Å². The molecule has 0 saturated carbocycles. The molecule has 1 aliphatic rings. The van der Waals surface area contributed by atoms with Crippen LogP contribution in [0.2, 0.25) is 0 Å². The largest absolute Gasteiger partial charge is 0.456 e. The van der Waals surface area contributed by atoms with Crippen LogP contribution in [0.1, 0.15) is 25.0 Å². The van der Waals surface area contributed by atoms with Crippen molar-refractivity contribution in [1.29, 1.82) is 0 Å². The molecule has 0 bridgehead atoms. The van der Waals surface area contributed by atoms with E-state index in [2.05, 4.69) is 103 Å².